The van der Waals surface area contributed by atoms with Crippen molar-refractivity contribution >= 4 is 17.6 Å². The van der Waals surface area contributed by atoms with Crippen LogP contribution in [-0.4, -0.2) is 51.4 Å². The molecule has 0 radical (unpaired) electrons. The van der Waals surface area contributed by atoms with Gasteiger partial charge in [0.2, 0.25) is 12.1 Å². The second-order valence-corrected chi connectivity index (χ2v) is 4.65. The summed E-state index contributed by atoms with van der Waals surface area (Å²) in [5.74, 6) is -0.668. The van der Waals surface area contributed by atoms with Crippen LogP contribution in [0.5, 0.6) is 0 Å². The first kappa shape index (κ1) is 14.3. The molecule has 1 aromatic rings. The fraction of sp³-hybridized carbons (Fsp3) is 0.636. The van der Waals surface area contributed by atoms with Crippen LogP contribution in [0, 0.1) is 10.1 Å². The van der Waals surface area contributed by atoms with Gasteiger partial charge in [-0.15, -0.1) is 0 Å². The Hall–Kier alpha value is -2.16. The topological polar surface area (TPSA) is 111 Å². The molecule has 1 saturated heterocycles. The lowest BCUT2D eigenvalue weighted by Crippen LogP contribution is -2.38. The number of anilines is 1. The van der Waals surface area contributed by atoms with E-state index in [4.69, 9.17) is 9.84 Å². The second kappa shape index (κ2) is 5.87. The van der Waals surface area contributed by atoms with Gasteiger partial charge in [0.15, 0.2) is 0 Å². The van der Waals surface area contributed by atoms with E-state index in [0.29, 0.717) is 31.7 Å². The molecule has 0 spiro atoms. The summed E-state index contributed by atoms with van der Waals surface area (Å²) in [6.07, 6.45) is 2.57. The lowest BCUT2D eigenvalue weighted by molar-refractivity contribution is -0.388. The van der Waals surface area contributed by atoms with E-state index >= 15 is 0 Å². The van der Waals surface area contributed by atoms with Crippen molar-refractivity contribution in [3.63, 3.8) is 0 Å². The number of carbonyl (C=O) groups is 1. The Morgan fingerprint density at radius 1 is 1.60 bits per heavy atom. The van der Waals surface area contributed by atoms with Gasteiger partial charge in [-0.2, -0.15) is 0 Å². The highest BCUT2D eigenvalue weighted by Crippen LogP contribution is 2.28. The Kier molecular flexibility index (Phi) is 4.18. The smallest absolute Gasteiger partial charge is 0.406 e. The average molecular weight is 284 g/mol. The summed E-state index contributed by atoms with van der Waals surface area (Å²) in [7, 11) is 1.71. The number of rotatable bonds is 5. The van der Waals surface area contributed by atoms with E-state index < -0.39 is 10.9 Å². The highest BCUT2D eigenvalue weighted by molar-refractivity contribution is 5.68. The molecule has 0 aromatic carbocycles. The SMILES string of the molecule is Cn1cnc([N+](=O)[O-])c1N1CCC(OCC(=O)O)CC1. The fourth-order valence-corrected chi connectivity index (χ4v) is 2.33. The second-order valence-electron chi connectivity index (χ2n) is 4.65. The van der Waals surface area contributed by atoms with Crippen molar-refractivity contribution in [2.45, 2.75) is 18.9 Å². The van der Waals surface area contributed by atoms with Gasteiger partial charge in [0.25, 0.3) is 0 Å². The number of aryl methyl sites for hydroxylation is 1. The molecule has 0 amide bonds. The summed E-state index contributed by atoms with van der Waals surface area (Å²) >= 11 is 0. The molecule has 1 aromatic heterocycles. The van der Waals surface area contributed by atoms with E-state index in [1.807, 2.05) is 4.90 Å². The minimum absolute atomic E-state index is 0.116. The number of aliphatic carboxylic acids is 1. The van der Waals surface area contributed by atoms with Crippen LogP contribution in [0.25, 0.3) is 0 Å². The molecule has 2 heterocycles. The molecule has 0 atom stereocenters. The van der Waals surface area contributed by atoms with Crippen molar-refractivity contribution in [2.24, 2.45) is 7.05 Å². The largest absolute Gasteiger partial charge is 0.480 e. The van der Waals surface area contributed by atoms with Crippen molar-refractivity contribution in [2.75, 3.05) is 24.6 Å². The van der Waals surface area contributed by atoms with Gasteiger partial charge in [-0.25, -0.2) is 4.79 Å². The predicted octanol–water partition coefficient (Wildman–Crippen LogP) is 0.398. The van der Waals surface area contributed by atoms with Crippen LogP contribution < -0.4 is 4.90 Å². The average Bonchev–Trinajstić information content (AvgIpc) is 2.79. The third kappa shape index (κ3) is 3.05. The minimum atomic E-state index is -0.991. The molecule has 2 rings (SSSR count). The lowest BCUT2D eigenvalue weighted by Gasteiger charge is -2.32. The predicted molar refractivity (Wildman–Crippen MR) is 68.7 cm³/mol. The molecule has 9 heteroatoms. The van der Waals surface area contributed by atoms with E-state index in [0.717, 1.165) is 0 Å². The third-order valence-corrected chi connectivity index (χ3v) is 3.24. The van der Waals surface area contributed by atoms with E-state index in [2.05, 4.69) is 4.98 Å². The van der Waals surface area contributed by atoms with Crippen LogP contribution >= 0.6 is 0 Å². The Morgan fingerprint density at radius 3 is 2.80 bits per heavy atom. The number of carboxylic acids is 1. The van der Waals surface area contributed by atoms with Gasteiger partial charge < -0.3 is 24.9 Å². The Morgan fingerprint density at radius 2 is 2.25 bits per heavy atom. The Labute approximate surface area is 114 Å². The first-order valence-electron chi connectivity index (χ1n) is 6.23. The van der Waals surface area contributed by atoms with Crippen molar-refractivity contribution in [1.29, 1.82) is 0 Å². The number of ether oxygens (including phenoxy) is 1. The molecule has 1 aliphatic rings. The highest BCUT2D eigenvalue weighted by atomic mass is 16.6. The summed E-state index contributed by atoms with van der Waals surface area (Å²) in [5, 5.41) is 19.5. The van der Waals surface area contributed by atoms with Gasteiger partial charge in [-0.3, -0.25) is 4.57 Å². The molecule has 110 valence electrons. The monoisotopic (exact) mass is 284 g/mol. The fourth-order valence-electron chi connectivity index (χ4n) is 2.33. The number of hydrogen-bond acceptors (Lipinski definition) is 6. The molecule has 0 bridgehead atoms. The van der Waals surface area contributed by atoms with Crippen molar-refractivity contribution < 1.29 is 19.6 Å². The van der Waals surface area contributed by atoms with Crippen LogP contribution in [0.2, 0.25) is 0 Å². The van der Waals surface area contributed by atoms with Crippen LogP contribution in [0.1, 0.15) is 12.8 Å². The molecule has 0 saturated carbocycles. The van der Waals surface area contributed by atoms with Crippen molar-refractivity contribution in [1.82, 2.24) is 9.55 Å². The third-order valence-electron chi connectivity index (χ3n) is 3.24. The number of nitrogens with zero attached hydrogens (tertiary/aromatic N) is 4. The standard InChI is InChI=1S/C11H16N4O5/c1-13-7-12-10(15(18)19)11(13)14-4-2-8(3-5-14)20-6-9(16)17/h7-8H,2-6H2,1H3,(H,16,17). The Balaban J connectivity index is 1.99. The maximum absolute atomic E-state index is 10.9. The molecule has 1 N–H and O–H groups in total. The summed E-state index contributed by atoms with van der Waals surface area (Å²) < 4.78 is 6.86. The number of nitro groups is 1. The van der Waals surface area contributed by atoms with Crippen LogP contribution in [-0.2, 0) is 16.6 Å². The number of hydrogen-bond donors (Lipinski definition) is 1. The van der Waals surface area contributed by atoms with Crippen molar-refractivity contribution in [3.8, 4) is 0 Å². The van der Waals surface area contributed by atoms with E-state index in [1.54, 1.807) is 11.6 Å². The number of piperidine rings is 1. The molecular weight excluding hydrogens is 268 g/mol. The minimum Gasteiger partial charge on any atom is -0.480 e. The van der Waals surface area contributed by atoms with Gasteiger partial charge >= 0.3 is 11.8 Å². The van der Waals surface area contributed by atoms with Crippen molar-refractivity contribution in [3.05, 3.63) is 16.4 Å². The first-order valence-corrected chi connectivity index (χ1v) is 6.23. The molecule has 1 aliphatic heterocycles. The quantitative estimate of drug-likeness (QED) is 0.615. The highest BCUT2D eigenvalue weighted by Gasteiger charge is 2.29. The van der Waals surface area contributed by atoms with Gasteiger partial charge in [-0.05, 0) is 22.7 Å². The van der Waals surface area contributed by atoms with Crippen LogP contribution in [0.3, 0.4) is 0 Å². The van der Waals surface area contributed by atoms with Crippen LogP contribution in [0.15, 0.2) is 6.33 Å². The number of carboxylic acid groups (broad SMARTS) is 1. The zero-order valence-electron chi connectivity index (χ0n) is 11.1. The van der Waals surface area contributed by atoms with Crippen LogP contribution in [0.4, 0.5) is 11.6 Å². The molecule has 20 heavy (non-hydrogen) atoms. The van der Waals surface area contributed by atoms with E-state index in [9.17, 15) is 14.9 Å². The van der Waals surface area contributed by atoms with Gasteiger partial charge in [0.05, 0.1) is 6.10 Å². The van der Waals surface area contributed by atoms with Gasteiger partial charge in [-0.1, -0.05) is 0 Å². The van der Waals surface area contributed by atoms with E-state index in [-0.39, 0.29) is 18.5 Å². The van der Waals surface area contributed by atoms with E-state index in [1.165, 1.54) is 6.33 Å². The summed E-state index contributed by atoms with van der Waals surface area (Å²) in [5.41, 5.74) is 0. The number of imidazole rings is 1. The summed E-state index contributed by atoms with van der Waals surface area (Å²) in [6, 6.07) is 0. The zero-order valence-corrected chi connectivity index (χ0v) is 11.1. The van der Waals surface area contributed by atoms with Gasteiger partial charge in [0.1, 0.15) is 6.61 Å². The molecular formula is C11H16N4O5. The van der Waals surface area contributed by atoms with Gasteiger partial charge in [0, 0.05) is 20.1 Å². The first-order chi connectivity index (χ1) is 9.49. The number of aromatic nitrogens is 2. The Bertz CT molecular complexity index is 507. The summed E-state index contributed by atoms with van der Waals surface area (Å²) in [4.78, 5) is 26.5. The maximum Gasteiger partial charge on any atom is 0.406 e. The molecule has 1 fully saturated rings. The zero-order chi connectivity index (χ0) is 14.7. The molecule has 9 nitrogen and oxygen atoms in total. The summed E-state index contributed by atoms with van der Waals surface area (Å²) in [6.45, 7) is 0.839. The normalized spacial score (nSPS) is 16.4. The molecule has 0 unspecified atom stereocenters. The maximum atomic E-state index is 10.9. The molecule has 0 aliphatic carbocycles. The lowest BCUT2D eigenvalue weighted by atomic mass is 10.1.